The van der Waals surface area contributed by atoms with Crippen LogP contribution in [0.3, 0.4) is 0 Å². The van der Waals surface area contributed by atoms with Gasteiger partial charge in [0.25, 0.3) is 0 Å². The molecule has 0 heterocycles. The lowest BCUT2D eigenvalue weighted by Gasteiger charge is -2.22. The van der Waals surface area contributed by atoms with E-state index in [9.17, 15) is 21.6 Å². The smallest absolute Gasteiger partial charge is 0.223 e. The molecule has 0 aliphatic carbocycles. The summed E-state index contributed by atoms with van der Waals surface area (Å²) in [7, 11) is -3.94. The van der Waals surface area contributed by atoms with Crippen LogP contribution in [-0.4, -0.2) is 8.42 Å². The molecule has 0 bridgehead atoms. The van der Waals surface area contributed by atoms with Gasteiger partial charge in [-0.2, -0.15) is 18.4 Å². The minimum atomic E-state index is -4.53. The lowest BCUT2D eigenvalue weighted by molar-refractivity contribution is -0.137. The van der Waals surface area contributed by atoms with Gasteiger partial charge < -0.3 is 0 Å². The van der Waals surface area contributed by atoms with Gasteiger partial charge in [0.2, 0.25) is 0 Å². The van der Waals surface area contributed by atoms with Crippen LogP contribution < -0.4 is 0 Å². The van der Waals surface area contributed by atoms with Gasteiger partial charge in [0.05, 0.1) is 32.9 Å². The molecule has 0 amide bonds. The Bertz CT molecular complexity index is 1910. The molecule has 0 fully saturated rings. The third-order valence-electron chi connectivity index (χ3n) is 7.61. The topological polar surface area (TPSA) is 57.9 Å². The number of nitrogens with zero attached hydrogens (tertiary/aromatic N) is 1. The Morgan fingerprint density at radius 1 is 0.667 bits per heavy atom. The number of nitriles is 1. The quantitative estimate of drug-likeness (QED) is 0.202. The molecular weight excluding hydrogens is 591 g/mol. The normalized spacial score (nSPS) is 12.6. The van der Waals surface area contributed by atoms with Crippen molar-refractivity contribution in [3.63, 3.8) is 0 Å². The molecule has 228 valence electrons. The molecule has 0 spiro atoms. The maximum atomic E-state index is 13.5. The monoisotopic (exact) mass is 623 g/mol. The number of benzene rings is 4. The van der Waals surface area contributed by atoms with E-state index >= 15 is 0 Å². The average molecular weight is 624 g/mol. The SMILES string of the molecule is CC(C)(C#CC(C)(C)c1ccc(C#CCC(c2ccc(C(F)(F)F)cc2)S(=O)(=O)c2ccccc2)cc1)c1ccc(C#N)cc1. The lowest BCUT2D eigenvalue weighted by atomic mass is 9.80. The van der Waals surface area contributed by atoms with Crippen LogP contribution in [0.15, 0.2) is 108 Å². The maximum absolute atomic E-state index is 13.5. The molecule has 0 radical (unpaired) electrons. The van der Waals surface area contributed by atoms with Gasteiger partial charge >= 0.3 is 6.18 Å². The first-order valence-electron chi connectivity index (χ1n) is 14.2. The molecule has 1 atom stereocenters. The van der Waals surface area contributed by atoms with Gasteiger partial charge in [-0.3, -0.25) is 0 Å². The Balaban J connectivity index is 1.56. The molecule has 7 heteroatoms. The summed E-state index contributed by atoms with van der Waals surface area (Å²) in [5.74, 6) is 12.8. The van der Waals surface area contributed by atoms with Gasteiger partial charge in [0.15, 0.2) is 9.84 Å². The minimum absolute atomic E-state index is 0.0757. The zero-order valence-electron chi connectivity index (χ0n) is 25.4. The molecule has 0 N–H and O–H groups in total. The van der Waals surface area contributed by atoms with Crippen LogP contribution in [0.2, 0.25) is 0 Å². The standard InChI is InChI=1S/C38H32F3NO2S/c1-36(2,25-26-37(3,4)32-21-15-29(27-42)16-22-32)31-19-13-28(14-20-31)9-8-12-35(45(43,44)34-10-6-5-7-11-34)30-17-23-33(24-18-30)38(39,40)41/h5-7,10-11,13-24,35H,12H2,1-4H3. The fourth-order valence-electron chi connectivity index (χ4n) is 4.70. The van der Waals surface area contributed by atoms with Crippen LogP contribution in [0.1, 0.15) is 72.7 Å². The van der Waals surface area contributed by atoms with Crippen LogP contribution in [-0.2, 0) is 26.8 Å². The number of halogens is 3. The Hall–Kier alpha value is -4.77. The van der Waals surface area contributed by atoms with Gasteiger partial charge in [-0.05, 0) is 92.9 Å². The summed E-state index contributed by atoms with van der Waals surface area (Å²) in [6.07, 6.45) is -4.63. The van der Waals surface area contributed by atoms with E-state index in [0.29, 0.717) is 11.1 Å². The highest BCUT2D eigenvalue weighted by atomic mass is 32.2. The Morgan fingerprint density at radius 2 is 1.13 bits per heavy atom. The molecule has 0 aliphatic rings. The van der Waals surface area contributed by atoms with Crippen molar-refractivity contribution in [1.82, 2.24) is 0 Å². The molecule has 45 heavy (non-hydrogen) atoms. The fourth-order valence-corrected chi connectivity index (χ4v) is 6.39. The van der Waals surface area contributed by atoms with Crippen LogP contribution in [0.25, 0.3) is 0 Å². The summed E-state index contributed by atoms with van der Waals surface area (Å²) in [5, 5.41) is 7.92. The zero-order chi connectivity index (χ0) is 32.9. The van der Waals surface area contributed by atoms with Crippen molar-refractivity contribution < 1.29 is 21.6 Å². The number of hydrogen-bond donors (Lipinski definition) is 0. The highest BCUT2D eigenvalue weighted by Crippen LogP contribution is 2.35. The Kier molecular flexibility index (Phi) is 9.62. The lowest BCUT2D eigenvalue weighted by Crippen LogP contribution is -2.19. The van der Waals surface area contributed by atoms with Gasteiger partial charge in [-0.25, -0.2) is 8.42 Å². The number of alkyl halides is 3. The molecule has 0 saturated heterocycles. The summed E-state index contributed by atoms with van der Waals surface area (Å²) in [5.41, 5.74) is 1.74. The van der Waals surface area contributed by atoms with E-state index in [1.807, 2.05) is 64.1 Å². The van der Waals surface area contributed by atoms with Gasteiger partial charge in [-0.1, -0.05) is 78.3 Å². The van der Waals surface area contributed by atoms with E-state index in [-0.39, 0.29) is 16.9 Å². The molecule has 0 aliphatic heterocycles. The zero-order valence-corrected chi connectivity index (χ0v) is 26.2. The van der Waals surface area contributed by atoms with E-state index in [2.05, 4.69) is 29.8 Å². The van der Waals surface area contributed by atoms with Gasteiger partial charge in [0.1, 0.15) is 5.25 Å². The first-order valence-corrected chi connectivity index (χ1v) is 15.8. The Labute approximate surface area is 263 Å². The number of rotatable bonds is 6. The van der Waals surface area contributed by atoms with E-state index < -0.39 is 37.7 Å². The number of sulfone groups is 1. The molecule has 0 saturated carbocycles. The first kappa shape index (κ1) is 33.1. The molecule has 4 rings (SSSR count). The van der Waals surface area contributed by atoms with Crippen LogP contribution in [0.4, 0.5) is 13.2 Å². The van der Waals surface area contributed by atoms with Crippen molar-refractivity contribution in [2.45, 2.75) is 61.3 Å². The summed E-state index contributed by atoms with van der Waals surface area (Å²) in [6, 6.07) is 29.1. The van der Waals surface area contributed by atoms with Crippen LogP contribution >= 0.6 is 0 Å². The van der Waals surface area contributed by atoms with Gasteiger partial charge in [-0.15, -0.1) is 0 Å². The van der Waals surface area contributed by atoms with Crippen LogP contribution in [0.5, 0.6) is 0 Å². The van der Waals surface area contributed by atoms with Crippen LogP contribution in [0, 0.1) is 35.0 Å². The summed E-state index contributed by atoms with van der Waals surface area (Å²) in [6.45, 7) is 8.12. The molecule has 4 aromatic carbocycles. The molecule has 1 unspecified atom stereocenters. The second-order valence-electron chi connectivity index (χ2n) is 11.7. The number of hydrogen-bond acceptors (Lipinski definition) is 3. The Morgan fingerprint density at radius 3 is 1.60 bits per heavy atom. The van der Waals surface area contributed by atoms with Crippen molar-refractivity contribution in [3.05, 3.63) is 137 Å². The highest BCUT2D eigenvalue weighted by Gasteiger charge is 2.32. The second-order valence-corrected chi connectivity index (χ2v) is 13.9. The van der Waals surface area contributed by atoms with Crippen molar-refractivity contribution in [2.75, 3.05) is 0 Å². The third-order valence-corrected chi connectivity index (χ3v) is 9.72. The summed E-state index contributed by atoms with van der Waals surface area (Å²) >= 11 is 0. The minimum Gasteiger partial charge on any atom is -0.223 e. The van der Waals surface area contributed by atoms with Crippen molar-refractivity contribution in [1.29, 1.82) is 5.26 Å². The summed E-state index contributed by atoms with van der Waals surface area (Å²) in [4.78, 5) is 0.0757. The highest BCUT2D eigenvalue weighted by molar-refractivity contribution is 7.91. The fraction of sp³-hybridized carbons (Fsp3) is 0.237. The predicted molar refractivity (Wildman–Crippen MR) is 171 cm³/mol. The van der Waals surface area contributed by atoms with Gasteiger partial charge in [0, 0.05) is 12.0 Å². The van der Waals surface area contributed by atoms with Crippen molar-refractivity contribution in [2.24, 2.45) is 0 Å². The maximum Gasteiger partial charge on any atom is 0.416 e. The largest absolute Gasteiger partial charge is 0.416 e. The molecule has 3 nitrogen and oxygen atoms in total. The molecule has 4 aromatic rings. The second kappa shape index (κ2) is 13.1. The molecular formula is C38H32F3NO2S. The van der Waals surface area contributed by atoms with E-state index in [4.69, 9.17) is 5.26 Å². The van der Waals surface area contributed by atoms with Crippen molar-refractivity contribution >= 4 is 9.84 Å². The van der Waals surface area contributed by atoms with Crippen molar-refractivity contribution in [3.8, 4) is 29.8 Å². The van der Waals surface area contributed by atoms with E-state index in [1.54, 1.807) is 30.3 Å². The van der Waals surface area contributed by atoms with E-state index in [0.717, 1.165) is 23.3 Å². The average Bonchev–Trinajstić information content (AvgIpc) is 3.02. The predicted octanol–water partition coefficient (Wildman–Crippen LogP) is 8.79. The first-order chi connectivity index (χ1) is 21.1. The summed E-state index contributed by atoms with van der Waals surface area (Å²) < 4.78 is 66.5. The van der Waals surface area contributed by atoms with E-state index in [1.165, 1.54) is 24.3 Å². The third kappa shape index (κ3) is 8.04. The molecule has 0 aromatic heterocycles.